The first kappa shape index (κ1) is 21.8. The number of nitrogens with one attached hydrogen (secondary N) is 2. The second-order valence-electron chi connectivity index (χ2n) is 5.96. The van der Waals surface area contributed by atoms with E-state index in [2.05, 4.69) is 41.6 Å². The maximum absolute atomic E-state index is 6.26. The predicted molar refractivity (Wildman–Crippen MR) is 114 cm³/mol. The van der Waals surface area contributed by atoms with Gasteiger partial charge in [0.1, 0.15) is 6.54 Å². The third-order valence-electron chi connectivity index (χ3n) is 3.63. The number of guanidine groups is 1. The van der Waals surface area contributed by atoms with E-state index in [0.717, 1.165) is 28.6 Å². The monoisotopic (exact) mass is 476 g/mol. The second kappa shape index (κ2) is 10.7. The van der Waals surface area contributed by atoms with E-state index < -0.39 is 0 Å². The van der Waals surface area contributed by atoms with Gasteiger partial charge in [0.05, 0.1) is 11.7 Å². The molecule has 2 aromatic rings. The van der Waals surface area contributed by atoms with Gasteiger partial charge in [-0.15, -0.1) is 24.0 Å². The highest BCUT2D eigenvalue weighted by Gasteiger charge is 2.11. The summed E-state index contributed by atoms with van der Waals surface area (Å²) < 4.78 is 5.33. The largest absolute Gasteiger partial charge is 0.359 e. The Morgan fingerprint density at radius 2 is 2.00 bits per heavy atom. The zero-order valence-electron chi connectivity index (χ0n) is 15.0. The van der Waals surface area contributed by atoms with Crippen LogP contribution in [-0.4, -0.2) is 17.7 Å². The molecule has 0 aliphatic rings. The minimum Gasteiger partial charge on any atom is -0.359 e. The molecule has 0 aliphatic carbocycles. The van der Waals surface area contributed by atoms with E-state index in [0.29, 0.717) is 18.4 Å². The molecule has 0 bridgehead atoms. The quantitative estimate of drug-likeness (QED) is 0.354. The van der Waals surface area contributed by atoms with Gasteiger partial charge in [0, 0.05) is 17.6 Å². The van der Waals surface area contributed by atoms with Crippen LogP contribution < -0.4 is 10.6 Å². The van der Waals surface area contributed by atoms with E-state index in [-0.39, 0.29) is 30.0 Å². The minimum atomic E-state index is 0. The van der Waals surface area contributed by atoms with Crippen molar-refractivity contribution >= 4 is 41.5 Å². The Hall–Kier alpha value is -1.28. The molecule has 138 valence electrons. The van der Waals surface area contributed by atoms with Crippen molar-refractivity contribution in [3.63, 3.8) is 0 Å². The highest BCUT2D eigenvalue weighted by Crippen LogP contribution is 2.22. The van der Waals surface area contributed by atoms with Crippen molar-refractivity contribution in [1.82, 2.24) is 15.8 Å². The molecule has 1 aromatic carbocycles. The highest BCUT2D eigenvalue weighted by atomic mass is 127. The molecule has 0 saturated heterocycles. The second-order valence-corrected chi connectivity index (χ2v) is 6.36. The van der Waals surface area contributed by atoms with Gasteiger partial charge in [-0.05, 0) is 31.4 Å². The third-order valence-corrected chi connectivity index (χ3v) is 3.98. The van der Waals surface area contributed by atoms with E-state index in [9.17, 15) is 0 Å². The van der Waals surface area contributed by atoms with Gasteiger partial charge in [-0.3, -0.25) is 0 Å². The molecule has 1 atom stereocenters. The van der Waals surface area contributed by atoms with Crippen LogP contribution in [0.5, 0.6) is 0 Å². The fourth-order valence-electron chi connectivity index (χ4n) is 2.26. The molecule has 0 radical (unpaired) electrons. The van der Waals surface area contributed by atoms with Crippen LogP contribution in [0.15, 0.2) is 39.8 Å². The molecule has 2 rings (SSSR count). The normalized spacial score (nSPS) is 12.6. The average Bonchev–Trinajstić information content (AvgIpc) is 3.02. The van der Waals surface area contributed by atoms with Crippen LogP contribution in [0.4, 0.5) is 0 Å². The Morgan fingerprint density at radius 1 is 1.28 bits per heavy atom. The van der Waals surface area contributed by atoms with Crippen molar-refractivity contribution in [2.24, 2.45) is 4.99 Å². The van der Waals surface area contributed by atoms with Crippen molar-refractivity contribution in [2.75, 3.05) is 6.54 Å². The first-order valence-corrected chi connectivity index (χ1v) is 8.63. The van der Waals surface area contributed by atoms with Crippen LogP contribution in [0, 0.1) is 0 Å². The summed E-state index contributed by atoms with van der Waals surface area (Å²) in [5.74, 6) is 1.81. The Balaban J connectivity index is 0.00000312. The molecule has 25 heavy (non-hydrogen) atoms. The van der Waals surface area contributed by atoms with Gasteiger partial charge in [-0.25, -0.2) is 4.99 Å². The van der Waals surface area contributed by atoms with E-state index in [4.69, 9.17) is 16.1 Å². The van der Waals surface area contributed by atoms with E-state index in [1.807, 2.05) is 37.3 Å². The zero-order valence-corrected chi connectivity index (χ0v) is 18.1. The summed E-state index contributed by atoms with van der Waals surface area (Å²) in [5, 5.41) is 11.4. The van der Waals surface area contributed by atoms with Crippen LogP contribution in [0.25, 0.3) is 0 Å². The maximum atomic E-state index is 6.26. The van der Waals surface area contributed by atoms with E-state index in [1.165, 1.54) is 0 Å². The van der Waals surface area contributed by atoms with Crippen LogP contribution in [0.3, 0.4) is 0 Å². The number of hydrogen-bond donors (Lipinski definition) is 2. The fourth-order valence-corrected chi connectivity index (χ4v) is 2.56. The lowest BCUT2D eigenvalue weighted by molar-refractivity contribution is 0.376. The number of benzene rings is 1. The van der Waals surface area contributed by atoms with Gasteiger partial charge in [0.2, 0.25) is 0 Å². The highest BCUT2D eigenvalue weighted by molar-refractivity contribution is 14.0. The molecular formula is C18H26ClIN4O. The smallest absolute Gasteiger partial charge is 0.192 e. The lowest BCUT2D eigenvalue weighted by Gasteiger charge is -2.19. The number of aliphatic imine (C=N–C) groups is 1. The first-order valence-electron chi connectivity index (χ1n) is 8.26. The predicted octanol–water partition coefficient (Wildman–Crippen LogP) is 4.89. The van der Waals surface area contributed by atoms with Crippen LogP contribution in [0.2, 0.25) is 5.02 Å². The molecule has 0 fully saturated rings. The van der Waals surface area contributed by atoms with E-state index >= 15 is 0 Å². The minimum absolute atomic E-state index is 0. The summed E-state index contributed by atoms with van der Waals surface area (Å²) in [5.41, 5.74) is 1.98. The van der Waals surface area contributed by atoms with Crippen molar-refractivity contribution in [3.8, 4) is 0 Å². The Bertz CT molecular complexity index is 687. The number of hydrogen-bond acceptors (Lipinski definition) is 3. The number of nitrogens with zero attached hydrogens (tertiary/aromatic N) is 2. The molecule has 2 N–H and O–H groups in total. The molecule has 1 aromatic heterocycles. The lowest BCUT2D eigenvalue weighted by atomic mass is 10.1. The maximum Gasteiger partial charge on any atom is 0.192 e. The van der Waals surface area contributed by atoms with Gasteiger partial charge >= 0.3 is 0 Å². The van der Waals surface area contributed by atoms with Crippen LogP contribution in [-0.2, 0) is 6.54 Å². The van der Waals surface area contributed by atoms with Crippen molar-refractivity contribution in [1.29, 1.82) is 0 Å². The Kier molecular flexibility index (Phi) is 9.27. The summed E-state index contributed by atoms with van der Waals surface area (Å²) in [6.45, 7) is 9.46. The molecule has 7 heteroatoms. The SMILES string of the molecule is CCNC(=NCc1cc(C(C)C)no1)NC(C)c1ccccc1Cl.I. The van der Waals surface area contributed by atoms with Gasteiger partial charge in [0.25, 0.3) is 0 Å². The molecular weight excluding hydrogens is 451 g/mol. The molecule has 1 unspecified atom stereocenters. The summed E-state index contributed by atoms with van der Waals surface area (Å²) in [7, 11) is 0. The number of rotatable bonds is 6. The zero-order chi connectivity index (χ0) is 17.5. The van der Waals surface area contributed by atoms with Crippen molar-refractivity contribution < 1.29 is 4.52 Å². The lowest BCUT2D eigenvalue weighted by Crippen LogP contribution is -2.38. The Morgan fingerprint density at radius 3 is 2.60 bits per heavy atom. The van der Waals surface area contributed by atoms with Gasteiger partial charge in [-0.1, -0.05) is 48.8 Å². The third kappa shape index (κ3) is 6.51. The standard InChI is InChI=1S/C18H25ClN4O.HI/c1-5-20-18(21-11-14-10-17(12(2)3)23-24-14)22-13(4)15-8-6-7-9-16(15)19;/h6-10,12-13H,5,11H2,1-4H3,(H2,20,21,22);1H. The Labute approximate surface area is 171 Å². The first-order chi connectivity index (χ1) is 11.5. The fraction of sp³-hybridized carbons (Fsp3) is 0.444. The summed E-state index contributed by atoms with van der Waals surface area (Å²) in [6, 6.07) is 9.79. The molecule has 0 saturated carbocycles. The molecule has 0 spiro atoms. The van der Waals surface area contributed by atoms with Gasteiger partial charge < -0.3 is 15.2 Å². The van der Waals surface area contributed by atoms with Crippen LogP contribution >= 0.6 is 35.6 Å². The number of aromatic nitrogens is 1. The van der Waals surface area contributed by atoms with Gasteiger partial charge in [-0.2, -0.15) is 0 Å². The molecule has 1 heterocycles. The van der Waals surface area contributed by atoms with Crippen LogP contribution in [0.1, 0.15) is 56.7 Å². The average molecular weight is 477 g/mol. The van der Waals surface area contributed by atoms with E-state index in [1.54, 1.807) is 0 Å². The topological polar surface area (TPSA) is 62.5 Å². The number of halogens is 2. The summed E-state index contributed by atoms with van der Waals surface area (Å²) in [4.78, 5) is 4.57. The summed E-state index contributed by atoms with van der Waals surface area (Å²) >= 11 is 6.26. The van der Waals surface area contributed by atoms with Gasteiger partial charge in [0.15, 0.2) is 11.7 Å². The van der Waals surface area contributed by atoms with Crippen molar-refractivity contribution in [2.45, 2.75) is 46.2 Å². The summed E-state index contributed by atoms with van der Waals surface area (Å²) in [6.07, 6.45) is 0. The molecule has 0 amide bonds. The molecule has 5 nitrogen and oxygen atoms in total. The van der Waals surface area contributed by atoms with Crippen molar-refractivity contribution in [3.05, 3.63) is 52.4 Å². The molecule has 0 aliphatic heterocycles.